The second-order valence-corrected chi connectivity index (χ2v) is 40.4. The van der Waals surface area contributed by atoms with Crippen LogP contribution in [-0.2, 0) is 0 Å². The predicted octanol–water partition coefficient (Wildman–Crippen LogP) is 38.8. The van der Waals surface area contributed by atoms with Crippen molar-refractivity contribution < 1.29 is 0 Å². The van der Waals surface area contributed by atoms with E-state index in [1.54, 1.807) is 0 Å². The summed E-state index contributed by atoms with van der Waals surface area (Å²) >= 11 is 5.42. The van der Waals surface area contributed by atoms with Crippen LogP contribution in [-0.4, -0.2) is 29.9 Å². The summed E-state index contributed by atoms with van der Waals surface area (Å²) in [6.07, 6.45) is 0. The zero-order valence-corrected chi connectivity index (χ0v) is 82.0. The Balaban J connectivity index is 0.000000109. The Bertz CT molecular complexity index is 10200. The van der Waals surface area contributed by atoms with E-state index in [-0.39, 0.29) is 0 Å². The first kappa shape index (κ1) is 87.5. The van der Waals surface area contributed by atoms with Crippen molar-refractivity contribution in [3.05, 3.63) is 522 Å². The van der Waals surface area contributed by atoms with Gasteiger partial charge in [-0.15, -0.1) is 34.0 Å². The largest absolute Gasteiger partial charge is 0.227 e. The van der Waals surface area contributed by atoms with Crippen LogP contribution in [0.2, 0.25) is 0 Å². The van der Waals surface area contributed by atoms with Gasteiger partial charge in [0.05, 0.1) is 47.7 Å². The number of aromatic nitrogens is 6. The molecule has 0 radical (unpaired) electrons. The summed E-state index contributed by atoms with van der Waals surface area (Å²) in [5.41, 5.74) is 31.1. The normalized spacial score (nSPS) is 11.5. The molecule has 0 aliphatic carbocycles. The Morgan fingerprint density at radius 1 is 0.116 bits per heavy atom. The molecular formula is C138H86N6S3. The molecule has 0 saturated carbocycles. The number of hydrogen-bond donors (Lipinski definition) is 0. The van der Waals surface area contributed by atoms with Crippen LogP contribution in [0.4, 0.5) is 0 Å². The summed E-state index contributed by atoms with van der Waals surface area (Å²) in [7, 11) is 0. The summed E-state index contributed by atoms with van der Waals surface area (Å²) in [5, 5.41) is 18.4. The molecule has 29 rings (SSSR count). The van der Waals surface area contributed by atoms with E-state index in [1.165, 1.54) is 154 Å². The maximum Gasteiger partial charge on any atom is 0.160 e. The van der Waals surface area contributed by atoms with E-state index in [1.807, 2.05) is 58.3 Å². The van der Waals surface area contributed by atoms with Crippen molar-refractivity contribution in [2.75, 3.05) is 0 Å². The van der Waals surface area contributed by atoms with Gasteiger partial charge in [-0.05, 0) is 200 Å². The van der Waals surface area contributed by atoms with E-state index < -0.39 is 0 Å². The van der Waals surface area contributed by atoms with Gasteiger partial charge in [0.1, 0.15) is 0 Å². The Morgan fingerprint density at radius 2 is 0.340 bits per heavy atom. The van der Waals surface area contributed by atoms with Crippen LogP contribution in [0.3, 0.4) is 0 Å². The van der Waals surface area contributed by atoms with Crippen molar-refractivity contribution in [1.29, 1.82) is 0 Å². The zero-order chi connectivity index (χ0) is 97.2. The summed E-state index contributed by atoms with van der Waals surface area (Å²) in [5.74, 6) is 2.20. The van der Waals surface area contributed by atoms with Gasteiger partial charge in [0.2, 0.25) is 0 Å². The first-order valence-corrected chi connectivity index (χ1v) is 52.1. The van der Waals surface area contributed by atoms with Crippen LogP contribution in [0, 0.1) is 0 Å². The number of fused-ring (bicyclic) bond motifs is 21. The molecule has 0 bridgehead atoms. The molecule has 0 aliphatic rings. The molecule has 29 aromatic rings. The molecular weight excluding hydrogens is 1840 g/mol. The van der Waals surface area contributed by atoms with Crippen LogP contribution in [0.5, 0.6) is 0 Å². The van der Waals surface area contributed by atoms with Crippen molar-refractivity contribution in [3.63, 3.8) is 0 Å². The minimum absolute atomic E-state index is 0.730. The van der Waals surface area contributed by atoms with Gasteiger partial charge in [-0.2, -0.15) is 0 Å². The highest BCUT2D eigenvalue weighted by Gasteiger charge is 2.24. The molecule has 686 valence electrons. The highest BCUT2D eigenvalue weighted by molar-refractivity contribution is 7.27. The maximum absolute atomic E-state index is 5.33. The maximum atomic E-state index is 5.33. The van der Waals surface area contributed by atoms with Crippen molar-refractivity contribution in [3.8, 4) is 157 Å². The van der Waals surface area contributed by atoms with Gasteiger partial charge in [0.15, 0.2) is 17.5 Å². The second kappa shape index (κ2) is 37.8. The number of nitrogens with zero attached hydrogens (tertiary/aromatic N) is 6. The molecule has 0 unspecified atom stereocenters. The van der Waals surface area contributed by atoms with Crippen molar-refractivity contribution in [2.45, 2.75) is 0 Å². The highest BCUT2D eigenvalue weighted by Crippen LogP contribution is 2.48. The van der Waals surface area contributed by atoms with Crippen LogP contribution in [0.15, 0.2) is 522 Å². The van der Waals surface area contributed by atoms with Gasteiger partial charge in [0.25, 0.3) is 0 Å². The van der Waals surface area contributed by atoms with E-state index >= 15 is 0 Å². The first-order valence-electron chi connectivity index (χ1n) is 49.6. The second-order valence-electron chi connectivity index (χ2n) is 37.3. The average Bonchev–Trinajstić information content (AvgIpc) is 1.74. The highest BCUT2D eigenvalue weighted by atomic mass is 32.1. The molecule has 0 saturated heterocycles. The third-order valence-corrected chi connectivity index (χ3v) is 32.0. The molecule has 0 fully saturated rings. The SMILES string of the molecule is c1ccc(-c2ccc(-c3cccc(-c4cccc(-c5nc(-c6ccccc6)nc6c5ccc5c7ccccc7sc56)c4)c3)cc2)cc1.c1ccc(-c2ccccc2-c2cccc(-c3cccc(-c4nc(-c5ccccc5)c5ccc6c7ccccc7sc6c5n4)c3)c2)cc1.c1ccc(-c2nc(-c3cccc(-c4cccc(-c5ccc6c7ccccc7c7ccccc7c6c5)c4)c3)nc3c2ccc2c4ccccc4sc23)cc1. The van der Waals surface area contributed by atoms with Gasteiger partial charge in [-0.1, -0.05) is 443 Å². The first-order chi connectivity index (χ1) is 72.8. The van der Waals surface area contributed by atoms with E-state index in [0.717, 1.165) is 128 Å². The van der Waals surface area contributed by atoms with Gasteiger partial charge < -0.3 is 0 Å². The lowest BCUT2D eigenvalue weighted by atomic mass is 9.91. The summed E-state index contributed by atoms with van der Waals surface area (Å²) in [6.45, 7) is 0. The van der Waals surface area contributed by atoms with Crippen LogP contribution >= 0.6 is 34.0 Å². The van der Waals surface area contributed by atoms with Crippen LogP contribution in [0.25, 0.3) is 282 Å². The fraction of sp³-hybridized carbons (Fsp3) is 0. The lowest BCUT2D eigenvalue weighted by molar-refractivity contribution is 1.23. The quantitative estimate of drug-likeness (QED) is 0.101. The topological polar surface area (TPSA) is 77.3 Å². The third kappa shape index (κ3) is 16.4. The van der Waals surface area contributed by atoms with Gasteiger partial charge in [-0.25, -0.2) is 29.9 Å². The molecule has 6 heterocycles. The monoisotopic (exact) mass is 1920 g/mol. The lowest BCUT2D eigenvalue weighted by Gasteiger charge is -2.13. The Hall–Kier alpha value is -18.5. The fourth-order valence-electron chi connectivity index (χ4n) is 21.3. The molecule has 6 aromatic heterocycles. The molecule has 0 atom stereocenters. The van der Waals surface area contributed by atoms with Crippen molar-refractivity contribution in [2.24, 2.45) is 0 Å². The Morgan fingerprint density at radius 3 is 0.741 bits per heavy atom. The van der Waals surface area contributed by atoms with Crippen molar-refractivity contribution in [1.82, 2.24) is 29.9 Å². The van der Waals surface area contributed by atoms with Gasteiger partial charge >= 0.3 is 0 Å². The molecule has 23 aromatic carbocycles. The predicted molar refractivity (Wildman–Crippen MR) is 626 cm³/mol. The number of hydrogen-bond acceptors (Lipinski definition) is 9. The minimum Gasteiger partial charge on any atom is -0.227 e. The average molecular weight is 1920 g/mol. The Kier molecular flexibility index (Phi) is 22.5. The molecule has 9 heteroatoms. The molecule has 0 spiro atoms. The van der Waals surface area contributed by atoms with Crippen LogP contribution < -0.4 is 0 Å². The van der Waals surface area contributed by atoms with E-state index in [0.29, 0.717) is 0 Å². The van der Waals surface area contributed by atoms with Gasteiger partial charge in [-0.3, -0.25) is 0 Å². The summed E-state index contributed by atoms with van der Waals surface area (Å²) in [6, 6.07) is 186. The van der Waals surface area contributed by atoms with Gasteiger partial charge in [0, 0.05) is 96.0 Å². The lowest BCUT2D eigenvalue weighted by Crippen LogP contribution is -1.95. The fourth-order valence-corrected chi connectivity index (χ4v) is 24.9. The smallest absolute Gasteiger partial charge is 0.160 e. The molecule has 0 aliphatic heterocycles. The number of benzene rings is 23. The zero-order valence-electron chi connectivity index (χ0n) is 79.6. The number of thiophene rings is 3. The van der Waals surface area contributed by atoms with Crippen molar-refractivity contribution >= 4 is 160 Å². The third-order valence-electron chi connectivity index (χ3n) is 28.5. The minimum atomic E-state index is 0.730. The standard InChI is InChI=1S/C50H30N2S.2C44H28N2S/c1-2-12-31(13-3-1)47-44-27-26-43-42-22-8-9-23-46(42)53-49(43)48(44)52-50(51-47)36-17-11-16-34(29-36)32-14-10-15-33(28-32)35-24-25-41-39-20-5-4-18-37(39)38-19-6-7-21-40(38)45(41)30-35;1-3-11-29(12-4-1)30-21-23-31(24-22-30)33-15-9-16-34(27-33)35-17-10-18-36(28-35)41-39-26-25-38-37-19-7-8-20-40(37)47-43(38)42(39)46-44(45-41)32-13-5-2-6-14-32;1-3-13-29(14-4-1)35-21-7-8-22-36(35)33-19-11-17-31(27-33)32-18-12-20-34(28-32)44-45-41(30-15-5-2-6-16-30)39-26-25-38-37-23-9-10-24-40(37)47-43(38)42(39)46-44/h1-30H;2*1-28H. The molecule has 0 amide bonds. The van der Waals surface area contributed by atoms with E-state index in [9.17, 15) is 0 Å². The summed E-state index contributed by atoms with van der Waals surface area (Å²) < 4.78 is 7.41. The number of rotatable bonds is 14. The molecule has 0 N–H and O–H groups in total. The van der Waals surface area contributed by atoms with E-state index in [2.05, 4.69) is 497 Å². The molecule has 6 nitrogen and oxygen atoms in total. The molecule has 147 heavy (non-hydrogen) atoms. The van der Waals surface area contributed by atoms with Crippen LogP contribution in [0.1, 0.15) is 0 Å². The van der Waals surface area contributed by atoms with E-state index in [4.69, 9.17) is 29.9 Å². The summed E-state index contributed by atoms with van der Waals surface area (Å²) in [4.78, 5) is 31.6. The Labute approximate surface area is 861 Å².